The molecule has 0 fully saturated rings. The number of benzene rings is 2. The van der Waals surface area contributed by atoms with Gasteiger partial charge >= 0.3 is 5.63 Å². The summed E-state index contributed by atoms with van der Waals surface area (Å²) in [5.41, 5.74) is 2.79. The Kier molecular flexibility index (Phi) is 3.70. The lowest BCUT2D eigenvalue weighted by molar-refractivity contribution is 0.485. The molecule has 0 atom stereocenters. The average molecular weight is 352 g/mol. The highest BCUT2D eigenvalue weighted by atomic mass is 35.5. The standard InChI is InChI=1S/C20H14ClNO3/c1-11-4-3-5-15-17(10-18(21)22-20(11)15)24-13-6-7-14-12(2)8-19(23)25-16(14)9-13/h3-10H,1-2H3. The molecule has 2 heterocycles. The first-order chi connectivity index (χ1) is 12.0. The van der Waals surface area contributed by atoms with E-state index in [0.29, 0.717) is 22.2 Å². The fraction of sp³-hybridized carbons (Fsp3) is 0.100. The summed E-state index contributed by atoms with van der Waals surface area (Å²) < 4.78 is 11.3. The molecule has 0 N–H and O–H groups in total. The van der Waals surface area contributed by atoms with E-state index in [2.05, 4.69) is 4.98 Å². The van der Waals surface area contributed by atoms with Crippen molar-refractivity contribution in [1.82, 2.24) is 4.98 Å². The molecule has 124 valence electrons. The number of para-hydroxylation sites is 1. The van der Waals surface area contributed by atoms with E-state index in [0.717, 1.165) is 27.4 Å². The van der Waals surface area contributed by atoms with Crippen LogP contribution in [0.1, 0.15) is 11.1 Å². The highest BCUT2D eigenvalue weighted by Gasteiger charge is 2.10. The van der Waals surface area contributed by atoms with E-state index in [1.54, 1.807) is 12.1 Å². The Hall–Kier alpha value is -2.85. The summed E-state index contributed by atoms with van der Waals surface area (Å²) in [6.45, 7) is 3.85. The molecule has 0 saturated carbocycles. The van der Waals surface area contributed by atoms with Crippen LogP contribution in [0.15, 0.2) is 57.7 Å². The minimum Gasteiger partial charge on any atom is -0.456 e. The van der Waals surface area contributed by atoms with Gasteiger partial charge in [0.25, 0.3) is 0 Å². The summed E-state index contributed by atoms with van der Waals surface area (Å²) in [5, 5.41) is 2.11. The Morgan fingerprint density at radius 2 is 1.84 bits per heavy atom. The van der Waals surface area contributed by atoms with Gasteiger partial charge in [-0.2, -0.15) is 0 Å². The van der Waals surface area contributed by atoms with Crippen molar-refractivity contribution in [2.75, 3.05) is 0 Å². The van der Waals surface area contributed by atoms with Crippen molar-refractivity contribution in [3.05, 3.63) is 75.2 Å². The lowest BCUT2D eigenvalue weighted by Gasteiger charge is -2.11. The quantitative estimate of drug-likeness (QED) is 0.358. The number of hydrogen-bond acceptors (Lipinski definition) is 4. The predicted molar refractivity (Wildman–Crippen MR) is 98.8 cm³/mol. The Balaban J connectivity index is 1.85. The van der Waals surface area contributed by atoms with Crippen molar-refractivity contribution in [1.29, 1.82) is 0 Å². The largest absolute Gasteiger partial charge is 0.456 e. The molecule has 0 radical (unpaired) electrons. The maximum Gasteiger partial charge on any atom is 0.336 e. The van der Waals surface area contributed by atoms with Gasteiger partial charge in [-0.25, -0.2) is 9.78 Å². The predicted octanol–water partition coefficient (Wildman–Crippen LogP) is 5.40. The molecule has 2 aromatic carbocycles. The summed E-state index contributed by atoms with van der Waals surface area (Å²) in [5.74, 6) is 1.17. The number of aryl methyl sites for hydroxylation is 2. The molecule has 4 aromatic rings. The second-order valence-electron chi connectivity index (χ2n) is 5.92. The van der Waals surface area contributed by atoms with Crippen LogP contribution in [-0.4, -0.2) is 4.98 Å². The van der Waals surface area contributed by atoms with Gasteiger partial charge in [0.1, 0.15) is 22.2 Å². The summed E-state index contributed by atoms with van der Waals surface area (Å²) in [6, 6.07) is 14.4. The number of rotatable bonds is 2. The van der Waals surface area contributed by atoms with Gasteiger partial charge < -0.3 is 9.15 Å². The van der Waals surface area contributed by atoms with Gasteiger partial charge in [-0.05, 0) is 43.2 Å². The second-order valence-corrected chi connectivity index (χ2v) is 6.31. The van der Waals surface area contributed by atoms with Gasteiger partial charge in [-0.3, -0.25) is 0 Å². The maximum atomic E-state index is 11.6. The molecule has 0 bridgehead atoms. The monoisotopic (exact) mass is 351 g/mol. The van der Waals surface area contributed by atoms with Crippen LogP contribution in [0.2, 0.25) is 5.15 Å². The fourth-order valence-corrected chi connectivity index (χ4v) is 3.09. The van der Waals surface area contributed by atoms with E-state index in [-0.39, 0.29) is 5.63 Å². The first-order valence-electron chi connectivity index (χ1n) is 7.79. The molecule has 0 saturated heterocycles. The number of fused-ring (bicyclic) bond motifs is 2. The molecule has 4 rings (SSSR count). The summed E-state index contributed by atoms with van der Waals surface area (Å²) in [4.78, 5) is 16.0. The van der Waals surface area contributed by atoms with Gasteiger partial charge in [0.15, 0.2) is 0 Å². The van der Waals surface area contributed by atoms with Crippen molar-refractivity contribution in [3.63, 3.8) is 0 Å². The second kappa shape index (κ2) is 5.90. The molecule has 2 aromatic heterocycles. The zero-order valence-electron chi connectivity index (χ0n) is 13.7. The molecule has 0 aliphatic carbocycles. The fourth-order valence-electron chi connectivity index (χ4n) is 2.91. The van der Waals surface area contributed by atoms with Crippen molar-refractivity contribution in [2.45, 2.75) is 13.8 Å². The lowest BCUT2D eigenvalue weighted by Crippen LogP contribution is -1.98. The molecule has 25 heavy (non-hydrogen) atoms. The summed E-state index contributed by atoms with van der Waals surface area (Å²) in [6.07, 6.45) is 0. The SMILES string of the molecule is Cc1cc(=O)oc2cc(Oc3cc(Cl)nc4c(C)cccc34)ccc12. The van der Waals surface area contributed by atoms with Crippen molar-refractivity contribution < 1.29 is 9.15 Å². The number of nitrogens with zero attached hydrogens (tertiary/aromatic N) is 1. The number of ether oxygens (including phenoxy) is 1. The van der Waals surface area contributed by atoms with Crippen molar-refractivity contribution in [3.8, 4) is 11.5 Å². The smallest absolute Gasteiger partial charge is 0.336 e. The Morgan fingerprint density at radius 3 is 2.68 bits per heavy atom. The zero-order chi connectivity index (χ0) is 17.6. The third-order valence-corrected chi connectivity index (χ3v) is 4.32. The van der Waals surface area contributed by atoms with Crippen LogP contribution in [0, 0.1) is 13.8 Å². The first kappa shape index (κ1) is 15.7. The molecule has 0 spiro atoms. The van der Waals surface area contributed by atoms with Crippen LogP contribution in [-0.2, 0) is 0 Å². The summed E-state index contributed by atoms with van der Waals surface area (Å²) >= 11 is 6.15. The third kappa shape index (κ3) is 2.85. The van der Waals surface area contributed by atoms with Crippen LogP contribution in [0.4, 0.5) is 0 Å². The van der Waals surface area contributed by atoms with Crippen LogP contribution in [0.5, 0.6) is 11.5 Å². The van der Waals surface area contributed by atoms with Gasteiger partial charge in [0.05, 0.1) is 5.52 Å². The van der Waals surface area contributed by atoms with E-state index in [1.165, 1.54) is 6.07 Å². The first-order valence-corrected chi connectivity index (χ1v) is 8.17. The minimum atomic E-state index is -0.379. The highest BCUT2D eigenvalue weighted by Crippen LogP contribution is 2.33. The summed E-state index contributed by atoms with van der Waals surface area (Å²) in [7, 11) is 0. The normalized spacial score (nSPS) is 11.2. The molecular formula is C20H14ClNO3. The number of halogens is 1. The van der Waals surface area contributed by atoms with E-state index < -0.39 is 0 Å². The molecule has 5 heteroatoms. The Bertz CT molecular complexity index is 1180. The Morgan fingerprint density at radius 1 is 1.00 bits per heavy atom. The van der Waals surface area contributed by atoms with E-state index >= 15 is 0 Å². The minimum absolute atomic E-state index is 0.361. The number of aromatic nitrogens is 1. The molecule has 0 aliphatic rings. The average Bonchev–Trinajstić information content (AvgIpc) is 2.55. The van der Waals surface area contributed by atoms with Crippen LogP contribution in [0.3, 0.4) is 0 Å². The van der Waals surface area contributed by atoms with Crippen molar-refractivity contribution in [2.24, 2.45) is 0 Å². The molecular weight excluding hydrogens is 338 g/mol. The molecule has 4 nitrogen and oxygen atoms in total. The van der Waals surface area contributed by atoms with Gasteiger partial charge in [-0.1, -0.05) is 23.7 Å². The highest BCUT2D eigenvalue weighted by molar-refractivity contribution is 6.30. The third-order valence-electron chi connectivity index (χ3n) is 4.12. The van der Waals surface area contributed by atoms with Gasteiger partial charge in [0.2, 0.25) is 0 Å². The molecule has 0 unspecified atom stereocenters. The van der Waals surface area contributed by atoms with E-state index in [9.17, 15) is 4.79 Å². The Labute approximate surface area is 148 Å². The number of pyridine rings is 1. The van der Waals surface area contributed by atoms with Gasteiger partial charge in [-0.15, -0.1) is 0 Å². The molecule has 0 amide bonds. The van der Waals surface area contributed by atoms with Crippen LogP contribution >= 0.6 is 11.6 Å². The van der Waals surface area contributed by atoms with Crippen LogP contribution in [0.25, 0.3) is 21.9 Å². The molecule has 0 aliphatic heterocycles. The number of hydrogen-bond donors (Lipinski definition) is 0. The van der Waals surface area contributed by atoms with Crippen LogP contribution < -0.4 is 10.4 Å². The topological polar surface area (TPSA) is 52.3 Å². The zero-order valence-corrected chi connectivity index (χ0v) is 14.4. The maximum absolute atomic E-state index is 11.6. The van der Waals surface area contributed by atoms with E-state index in [1.807, 2.05) is 44.2 Å². The van der Waals surface area contributed by atoms with Gasteiger partial charge in [0, 0.05) is 29.0 Å². The van der Waals surface area contributed by atoms with Crippen molar-refractivity contribution >= 4 is 33.5 Å². The van der Waals surface area contributed by atoms with E-state index in [4.69, 9.17) is 20.8 Å². The lowest BCUT2D eigenvalue weighted by atomic mass is 10.1.